The fourth-order valence-electron chi connectivity index (χ4n) is 1.32. The van der Waals surface area contributed by atoms with Gasteiger partial charge in [-0.05, 0) is 19.4 Å². The molecule has 0 atom stereocenters. The largest absolute Gasteiger partial charge is 0.406 e. The number of nitrogens with zero attached hydrogens (tertiary/aromatic N) is 1. The van der Waals surface area contributed by atoms with Crippen molar-refractivity contribution in [1.29, 1.82) is 0 Å². The van der Waals surface area contributed by atoms with Crippen molar-refractivity contribution in [2.24, 2.45) is 5.73 Å². The lowest BCUT2D eigenvalue weighted by Crippen LogP contribution is -2.35. The minimum absolute atomic E-state index is 0.178. The van der Waals surface area contributed by atoms with Crippen LogP contribution in [0.25, 0.3) is 0 Å². The number of hydrogen-bond acceptors (Lipinski definition) is 2. The molecule has 0 aliphatic rings. The van der Waals surface area contributed by atoms with Gasteiger partial charge in [0.25, 0.3) is 0 Å². The Hall–Kier alpha value is -0.780. The average Bonchev–Trinajstić information content (AvgIpc) is 2.14. The first-order chi connectivity index (χ1) is 7.37. The first kappa shape index (κ1) is 15.2. The van der Waals surface area contributed by atoms with E-state index in [-0.39, 0.29) is 6.42 Å². The quantitative estimate of drug-likeness (QED) is 0.691. The highest BCUT2D eigenvalue weighted by atomic mass is 19.4. The van der Waals surface area contributed by atoms with E-state index in [1.807, 2.05) is 0 Å². The molecule has 16 heavy (non-hydrogen) atoms. The van der Waals surface area contributed by atoms with Gasteiger partial charge in [0.05, 0.1) is 0 Å². The van der Waals surface area contributed by atoms with Gasteiger partial charge < -0.3 is 10.6 Å². The van der Waals surface area contributed by atoms with Gasteiger partial charge in [-0.2, -0.15) is 13.2 Å². The number of unbranched alkanes of at least 4 members (excludes halogenated alkanes) is 3. The lowest BCUT2D eigenvalue weighted by atomic mass is 10.1. The summed E-state index contributed by atoms with van der Waals surface area (Å²) in [7, 11) is 1.18. The van der Waals surface area contributed by atoms with Crippen molar-refractivity contribution in [3.05, 3.63) is 0 Å². The zero-order chi connectivity index (χ0) is 12.6. The summed E-state index contributed by atoms with van der Waals surface area (Å²) in [6.07, 6.45) is -0.857. The summed E-state index contributed by atoms with van der Waals surface area (Å²) in [5, 5.41) is 0. The van der Waals surface area contributed by atoms with Crippen LogP contribution in [0, 0.1) is 0 Å². The molecule has 96 valence electrons. The predicted octanol–water partition coefficient (Wildman–Crippen LogP) is 1.92. The number of nitrogens with two attached hydrogens (primary N) is 1. The number of amides is 1. The Morgan fingerprint density at radius 3 is 2.25 bits per heavy atom. The molecular weight excluding hydrogens is 221 g/mol. The summed E-state index contributed by atoms with van der Waals surface area (Å²) in [4.78, 5) is 12.0. The second kappa shape index (κ2) is 7.49. The third-order valence-corrected chi connectivity index (χ3v) is 2.19. The van der Waals surface area contributed by atoms with E-state index in [2.05, 4.69) is 0 Å². The first-order valence-electron chi connectivity index (χ1n) is 5.37. The minimum atomic E-state index is -4.32. The monoisotopic (exact) mass is 240 g/mol. The topological polar surface area (TPSA) is 46.3 Å². The van der Waals surface area contributed by atoms with Gasteiger partial charge in [-0.3, -0.25) is 4.79 Å². The third kappa shape index (κ3) is 8.52. The van der Waals surface area contributed by atoms with E-state index in [0.717, 1.165) is 24.2 Å². The molecule has 0 aliphatic carbocycles. The molecule has 0 spiro atoms. The molecule has 0 aromatic rings. The van der Waals surface area contributed by atoms with Gasteiger partial charge in [0, 0.05) is 13.5 Å². The van der Waals surface area contributed by atoms with E-state index >= 15 is 0 Å². The molecule has 6 heteroatoms. The highest BCUT2D eigenvalue weighted by Gasteiger charge is 2.30. The molecule has 1 amide bonds. The summed E-state index contributed by atoms with van der Waals surface area (Å²) >= 11 is 0. The van der Waals surface area contributed by atoms with Crippen molar-refractivity contribution in [1.82, 2.24) is 4.90 Å². The summed E-state index contributed by atoms with van der Waals surface area (Å²) in [6.45, 7) is -0.559. The van der Waals surface area contributed by atoms with Gasteiger partial charge in [0.1, 0.15) is 6.54 Å². The van der Waals surface area contributed by atoms with Crippen LogP contribution in [0.5, 0.6) is 0 Å². The van der Waals surface area contributed by atoms with Crippen molar-refractivity contribution in [3.63, 3.8) is 0 Å². The Morgan fingerprint density at radius 2 is 1.75 bits per heavy atom. The highest BCUT2D eigenvalue weighted by Crippen LogP contribution is 2.16. The van der Waals surface area contributed by atoms with Crippen molar-refractivity contribution in [3.8, 4) is 0 Å². The SMILES string of the molecule is CN(CC(F)(F)F)C(=O)CCCCCCN. The van der Waals surface area contributed by atoms with Gasteiger partial charge >= 0.3 is 6.18 Å². The van der Waals surface area contributed by atoms with E-state index in [9.17, 15) is 18.0 Å². The minimum Gasteiger partial charge on any atom is -0.337 e. The van der Waals surface area contributed by atoms with E-state index < -0.39 is 18.6 Å². The average molecular weight is 240 g/mol. The van der Waals surface area contributed by atoms with Crippen LogP contribution < -0.4 is 5.73 Å². The molecule has 0 rings (SSSR count). The van der Waals surface area contributed by atoms with E-state index in [0.29, 0.717) is 13.0 Å². The van der Waals surface area contributed by atoms with Crippen LogP contribution in [0.15, 0.2) is 0 Å². The van der Waals surface area contributed by atoms with Gasteiger partial charge in [-0.25, -0.2) is 0 Å². The van der Waals surface area contributed by atoms with Crippen molar-refractivity contribution >= 4 is 5.91 Å². The smallest absolute Gasteiger partial charge is 0.337 e. The van der Waals surface area contributed by atoms with Gasteiger partial charge in [-0.15, -0.1) is 0 Å². The van der Waals surface area contributed by atoms with Crippen molar-refractivity contribution < 1.29 is 18.0 Å². The summed E-state index contributed by atoms with van der Waals surface area (Å²) in [6, 6.07) is 0. The fraction of sp³-hybridized carbons (Fsp3) is 0.900. The Morgan fingerprint density at radius 1 is 1.19 bits per heavy atom. The molecule has 2 N–H and O–H groups in total. The fourth-order valence-corrected chi connectivity index (χ4v) is 1.32. The lowest BCUT2D eigenvalue weighted by Gasteiger charge is -2.18. The molecule has 0 radical (unpaired) electrons. The summed E-state index contributed by atoms with van der Waals surface area (Å²) in [5.74, 6) is -0.454. The Kier molecular flexibility index (Phi) is 7.12. The van der Waals surface area contributed by atoms with Crippen LogP contribution in [0.2, 0.25) is 0 Å². The zero-order valence-electron chi connectivity index (χ0n) is 9.52. The van der Waals surface area contributed by atoms with Crippen molar-refractivity contribution in [2.45, 2.75) is 38.3 Å². The first-order valence-corrected chi connectivity index (χ1v) is 5.37. The molecule has 0 aromatic heterocycles. The van der Waals surface area contributed by atoms with Crippen molar-refractivity contribution in [2.75, 3.05) is 20.1 Å². The van der Waals surface area contributed by atoms with E-state index in [1.165, 1.54) is 7.05 Å². The molecule has 0 aliphatic heterocycles. The van der Waals surface area contributed by atoms with Crippen LogP contribution >= 0.6 is 0 Å². The lowest BCUT2D eigenvalue weighted by molar-refractivity contribution is -0.158. The van der Waals surface area contributed by atoms with E-state index in [4.69, 9.17) is 5.73 Å². The highest BCUT2D eigenvalue weighted by molar-refractivity contribution is 5.75. The van der Waals surface area contributed by atoms with Gasteiger partial charge in [0.2, 0.25) is 5.91 Å². The molecule has 0 aromatic carbocycles. The predicted molar refractivity (Wildman–Crippen MR) is 55.8 cm³/mol. The number of rotatable bonds is 7. The Labute approximate surface area is 93.8 Å². The van der Waals surface area contributed by atoms with E-state index in [1.54, 1.807) is 0 Å². The maximum atomic E-state index is 11.9. The molecular formula is C10H19F3N2O. The number of hydrogen-bond donors (Lipinski definition) is 1. The number of halogens is 3. The number of alkyl halides is 3. The maximum absolute atomic E-state index is 11.9. The van der Waals surface area contributed by atoms with Crippen LogP contribution in [0.3, 0.4) is 0 Å². The standard InChI is InChI=1S/C10H19F3N2O/c1-15(8-10(11,12)13)9(16)6-4-2-3-5-7-14/h2-8,14H2,1H3. The summed E-state index contributed by atoms with van der Waals surface area (Å²) < 4.78 is 35.8. The number of carbonyl (C=O) groups is 1. The third-order valence-electron chi connectivity index (χ3n) is 2.19. The second-order valence-corrected chi connectivity index (χ2v) is 3.82. The molecule has 3 nitrogen and oxygen atoms in total. The second-order valence-electron chi connectivity index (χ2n) is 3.82. The van der Waals surface area contributed by atoms with Crippen LogP contribution in [-0.2, 0) is 4.79 Å². The van der Waals surface area contributed by atoms with Crippen LogP contribution in [0.4, 0.5) is 13.2 Å². The van der Waals surface area contributed by atoms with Crippen LogP contribution in [0.1, 0.15) is 32.1 Å². The Bertz CT molecular complexity index is 207. The summed E-state index contributed by atoms with van der Waals surface area (Å²) in [5.41, 5.74) is 5.29. The zero-order valence-corrected chi connectivity index (χ0v) is 9.52. The number of carbonyl (C=O) groups excluding carboxylic acids is 1. The molecule has 0 saturated carbocycles. The van der Waals surface area contributed by atoms with Crippen LogP contribution in [-0.4, -0.2) is 37.1 Å². The Balaban J connectivity index is 3.64. The molecule has 0 heterocycles. The molecule has 0 saturated heterocycles. The normalized spacial score (nSPS) is 11.6. The van der Waals surface area contributed by atoms with Gasteiger partial charge in [-0.1, -0.05) is 12.8 Å². The molecule has 0 bridgehead atoms. The molecule has 0 fully saturated rings. The molecule has 0 unspecified atom stereocenters. The maximum Gasteiger partial charge on any atom is 0.406 e. The van der Waals surface area contributed by atoms with Gasteiger partial charge in [0.15, 0.2) is 0 Å².